The van der Waals surface area contributed by atoms with Gasteiger partial charge in [0.1, 0.15) is 0 Å². The standard InChI is InChI=1S/C15H20N6/c1-11-8-9-21(15-17-19-20(3)18-15)10-14(11)12-4-6-13(16-2)7-5-12/h4-7,16H,8-10H2,1-3H3. The van der Waals surface area contributed by atoms with Gasteiger partial charge in [-0.1, -0.05) is 22.8 Å². The van der Waals surface area contributed by atoms with E-state index >= 15 is 0 Å². The molecule has 0 aliphatic carbocycles. The van der Waals surface area contributed by atoms with E-state index in [1.54, 1.807) is 7.05 Å². The summed E-state index contributed by atoms with van der Waals surface area (Å²) in [6, 6.07) is 8.54. The van der Waals surface area contributed by atoms with Crippen LogP contribution in [0.2, 0.25) is 0 Å². The summed E-state index contributed by atoms with van der Waals surface area (Å²) in [7, 11) is 3.72. The molecular formula is C15H20N6. The fraction of sp³-hybridized carbons (Fsp3) is 0.400. The summed E-state index contributed by atoms with van der Waals surface area (Å²) in [4.78, 5) is 3.68. The van der Waals surface area contributed by atoms with Gasteiger partial charge in [-0.2, -0.15) is 4.80 Å². The van der Waals surface area contributed by atoms with E-state index in [2.05, 4.69) is 56.8 Å². The topological polar surface area (TPSA) is 58.9 Å². The molecule has 2 heterocycles. The molecule has 0 spiro atoms. The molecule has 1 aliphatic heterocycles. The molecule has 0 saturated carbocycles. The molecule has 6 nitrogen and oxygen atoms in total. The van der Waals surface area contributed by atoms with E-state index < -0.39 is 0 Å². The van der Waals surface area contributed by atoms with Crippen LogP contribution in [0.15, 0.2) is 29.8 Å². The lowest BCUT2D eigenvalue weighted by Crippen LogP contribution is -2.31. The fourth-order valence-electron chi connectivity index (χ4n) is 2.61. The zero-order valence-corrected chi connectivity index (χ0v) is 12.7. The third-order valence-electron chi connectivity index (χ3n) is 3.92. The first-order chi connectivity index (χ1) is 10.2. The lowest BCUT2D eigenvalue weighted by molar-refractivity contribution is 0.628. The maximum absolute atomic E-state index is 4.30. The second-order valence-corrected chi connectivity index (χ2v) is 5.34. The van der Waals surface area contributed by atoms with Crippen LogP contribution in [0.25, 0.3) is 5.57 Å². The number of tetrazole rings is 1. The van der Waals surface area contributed by atoms with E-state index in [0.29, 0.717) is 5.95 Å². The minimum atomic E-state index is 0.703. The maximum Gasteiger partial charge on any atom is 0.266 e. The summed E-state index contributed by atoms with van der Waals surface area (Å²) < 4.78 is 0. The third kappa shape index (κ3) is 2.74. The number of anilines is 2. The molecule has 0 amide bonds. The molecule has 0 fully saturated rings. The van der Waals surface area contributed by atoms with Crippen molar-refractivity contribution in [2.45, 2.75) is 13.3 Å². The van der Waals surface area contributed by atoms with Gasteiger partial charge in [0.15, 0.2) is 0 Å². The monoisotopic (exact) mass is 284 g/mol. The number of hydrogen-bond donors (Lipinski definition) is 1. The first-order valence-corrected chi connectivity index (χ1v) is 7.13. The van der Waals surface area contributed by atoms with Gasteiger partial charge < -0.3 is 10.2 Å². The number of aromatic nitrogens is 4. The number of hydrogen-bond acceptors (Lipinski definition) is 5. The van der Waals surface area contributed by atoms with Crippen LogP contribution in [0.5, 0.6) is 0 Å². The van der Waals surface area contributed by atoms with Crippen molar-refractivity contribution in [1.29, 1.82) is 0 Å². The first kappa shape index (κ1) is 13.6. The Morgan fingerprint density at radius 2 is 1.95 bits per heavy atom. The zero-order chi connectivity index (χ0) is 14.8. The average molecular weight is 284 g/mol. The number of nitrogens with zero attached hydrogens (tertiary/aromatic N) is 5. The van der Waals surface area contributed by atoms with Crippen molar-refractivity contribution in [3.63, 3.8) is 0 Å². The van der Waals surface area contributed by atoms with E-state index in [1.807, 2.05) is 7.05 Å². The molecule has 21 heavy (non-hydrogen) atoms. The second-order valence-electron chi connectivity index (χ2n) is 5.34. The van der Waals surface area contributed by atoms with Crippen LogP contribution in [0, 0.1) is 0 Å². The van der Waals surface area contributed by atoms with Crippen molar-refractivity contribution in [3.8, 4) is 0 Å². The van der Waals surface area contributed by atoms with E-state index in [1.165, 1.54) is 21.5 Å². The summed E-state index contributed by atoms with van der Waals surface area (Å²) in [6.45, 7) is 3.98. The van der Waals surface area contributed by atoms with Gasteiger partial charge in [0, 0.05) is 25.8 Å². The van der Waals surface area contributed by atoms with Gasteiger partial charge in [0.05, 0.1) is 7.05 Å². The largest absolute Gasteiger partial charge is 0.388 e. The zero-order valence-electron chi connectivity index (χ0n) is 12.7. The Hall–Kier alpha value is -2.37. The van der Waals surface area contributed by atoms with Crippen LogP contribution in [0.3, 0.4) is 0 Å². The van der Waals surface area contributed by atoms with Crippen molar-refractivity contribution < 1.29 is 0 Å². The molecule has 0 bridgehead atoms. The molecule has 2 aromatic rings. The van der Waals surface area contributed by atoms with E-state index in [-0.39, 0.29) is 0 Å². The molecule has 110 valence electrons. The van der Waals surface area contributed by atoms with Crippen molar-refractivity contribution >= 4 is 17.2 Å². The molecule has 1 aliphatic rings. The van der Waals surface area contributed by atoms with E-state index in [0.717, 1.165) is 25.2 Å². The Labute approximate surface area is 124 Å². The number of aryl methyl sites for hydroxylation is 1. The second kappa shape index (κ2) is 5.55. The molecule has 0 unspecified atom stereocenters. The van der Waals surface area contributed by atoms with Crippen LogP contribution >= 0.6 is 0 Å². The van der Waals surface area contributed by atoms with Gasteiger partial charge >= 0.3 is 0 Å². The molecule has 3 rings (SSSR count). The highest BCUT2D eigenvalue weighted by molar-refractivity contribution is 5.74. The van der Waals surface area contributed by atoms with Gasteiger partial charge in [-0.05, 0) is 41.8 Å². The fourth-order valence-corrected chi connectivity index (χ4v) is 2.61. The lowest BCUT2D eigenvalue weighted by atomic mass is 9.95. The molecule has 1 N–H and O–H groups in total. The molecule has 1 aromatic carbocycles. The van der Waals surface area contributed by atoms with Crippen LogP contribution in [0.4, 0.5) is 11.6 Å². The minimum absolute atomic E-state index is 0.703. The SMILES string of the molecule is CNc1ccc(C2=C(C)CCN(c3nnn(C)n3)C2)cc1. The van der Waals surface area contributed by atoms with E-state index in [9.17, 15) is 0 Å². The molecule has 6 heteroatoms. The molecule has 0 saturated heterocycles. The van der Waals surface area contributed by atoms with Crippen molar-refractivity contribution in [2.24, 2.45) is 7.05 Å². The average Bonchev–Trinajstić information content (AvgIpc) is 2.94. The summed E-state index contributed by atoms with van der Waals surface area (Å²) in [5.41, 5.74) is 5.18. The summed E-state index contributed by atoms with van der Waals surface area (Å²) >= 11 is 0. The molecule has 0 atom stereocenters. The predicted molar refractivity (Wildman–Crippen MR) is 84.2 cm³/mol. The number of rotatable bonds is 3. The lowest BCUT2D eigenvalue weighted by Gasteiger charge is -2.29. The van der Waals surface area contributed by atoms with Gasteiger partial charge in [-0.15, -0.1) is 5.10 Å². The van der Waals surface area contributed by atoms with Gasteiger partial charge in [0.2, 0.25) is 0 Å². The van der Waals surface area contributed by atoms with Gasteiger partial charge in [-0.25, -0.2) is 0 Å². The van der Waals surface area contributed by atoms with Crippen molar-refractivity contribution in [3.05, 3.63) is 35.4 Å². The first-order valence-electron chi connectivity index (χ1n) is 7.13. The molecule has 0 radical (unpaired) electrons. The molecule has 1 aromatic heterocycles. The smallest absolute Gasteiger partial charge is 0.266 e. The van der Waals surface area contributed by atoms with E-state index in [4.69, 9.17) is 0 Å². The van der Waals surface area contributed by atoms with Crippen molar-refractivity contribution in [2.75, 3.05) is 30.4 Å². The Bertz CT molecular complexity index is 655. The van der Waals surface area contributed by atoms with Crippen LogP contribution < -0.4 is 10.2 Å². The van der Waals surface area contributed by atoms with Gasteiger partial charge in [-0.3, -0.25) is 0 Å². The normalized spacial score (nSPS) is 15.5. The Morgan fingerprint density at radius 3 is 2.57 bits per heavy atom. The molecular weight excluding hydrogens is 264 g/mol. The Morgan fingerprint density at radius 1 is 1.19 bits per heavy atom. The highest BCUT2D eigenvalue weighted by atomic mass is 15.6. The third-order valence-corrected chi connectivity index (χ3v) is 3.92. The van der Waals surface area contributed by atoms with Crippen LogP contribution in [-0.4, -0.2) is 40.3 Å². The van der Waals surface area contributed by atoms with Crippen molar-refractivity contribution in [1.82, 2.24) is 20.2 Å². The summed E-state index contributed by atoms with van der Waals surface area (Å²) in [6.07, 6.45) is 1.03. The highest BCUT2D eigenvalue weighted by Gasteiger charge is 2.21. The predicted octanol–water partition coefficient (Wildman–Crippen LogP) is 1.94. The van der Waals surface area contributed by atoms with Crippen LogP contribution in [-0.2, 0) is 7.05 Å². The van der Waals surface area contributed by atoms with Crippen LogP contribution in [0.1, 0.15) is 18.9 Å². The Balaban J connectivity index is 1.86. The van der Waals surface area contributed by atoms with Gasteiger partial charge in [0.25, 0.3) is 5.95 Å². The Kier molecular flexibility index (Phi) is 3.60. The summed E-state index contributed by atoms with van der Waals surface area (Å²) in [5.74, 6) is 0.703. The number of nitrogens with one attached hydrogen (secondary N) is 1. The highest BCUT2D eigenvalue weighted by Crippen LogP contribution is 2.28. The maximum atomic E-state index is 4.30. The minimum Gasteiger partial charge on any atom is -0.388 e. The summed E-state index contributed by atoms with van der Waals surface area (Å²) in [5, 5.41) is 15.5. The quantitative estimate of drug-likeness (QED) is 0.933. The number of benzene rings is 1.